The van der Waals surface area contributed by atoms with Crippen LogP contribution in [0, 0.1) is 11.3 Å². The first-order valence-corrected chi connectivity index (χ1v) is 7.36. The van der Waals surface area contributed by atoms with Gasteiger partial charge in [-0.3, -0.25) is 4.79 Å². The molecule has 1 aromatic rings. The molecule has 0 aliphatic rings. The minimum Gasteiger partial charge on any atom is -0.349 e. The van der Waals surface area contributed by atoms with Gasteiger partial charge in [0.25, 0.3) is 0 Å². The average molecular weight is 276 g/mol. The van der Waals surface area contributed by atoms with Crippen molar-refractivity contribution in [1.82, 2.24) is 5.32 Å². The number of carbonyl (C=O) groups excluding carboxylic acids is 1. The van der Waals surface area contributed by atoms with Crippen molar-refractivity contribution in [3.8, 4) is 0 Å². The Morgan fingerprint density at radius 3 is 2.20 bits per heavy atom. The lowest BCUT2D eigenvalue weighted by Gasteiger charge is -2.24. The molecule has 0 fully saturated rings. The van der Waals surface area contributed by atoms with Crippen molar-refractivity contribution in [3.05, 3.63) is 35.4 Å². The van der Waals surface area contributed by atoms with Gasteiger partial charge >= 0.3 is 0 Å². The summed E-state index contributed by atoms with van der Waals surface area (Å²) in [4.78, 5) is 12.1. The Bertz CT molecular complexity index is 435. The molecular weight excluding hydrogens is 248 g/mol. The first kappa shape index (κ1) is 16.7. The van der Waals surface area contributed by atoms with Gasteiger partial charge in [0.05, 0.1) is 11.5 Å². The average Bonchev–Trinajstić information content (AvgIpc) is 2.38. The Hall–Kier alpha value is -1.35. The SMILES string of the molecule is CC(C)Cc1ccc(C(C)NC(=O)C(C)(C)CN)cc1. The predicted octanol–water partition coefficient (Wildman–Crippen LogP) is 3.05. The molecule has 20 heavy (non-hydrogen) atoms. The number of nitrogens with one attached hydrogen (secondary N) is 1. The number of amides is 1. The van der Waals surface area contributed by atoms with Gasteiger partial charge in [0.2, 0.25) is 5.91 Å². The van der Waals surface area contributed by atoms with Crippen molar-refractivity contribution >= 4 is 5.91 Å². The van der Waals surface area contributed by atoms with Crippen molar-refractivity contribution in [2.24, 2.45) is 17.1 Å². The highest BCUT2D eigenvalue weighted by Crippen LogP contribution is 2.19. The standard InChI is InChI=1S/C17H28N2O/c1-12(2)10-14-6-8-15(9-7-14)13(3)19-16(20)17(4,5)11-18/h6-9,12-13H,10-11,18H2,1-5H3,(H,19,20). The first-order chi connectivity index (χ1) is 9.26. The minimum absolute atomic E-state index is 0.00115. The third-order valence-electron chi connectivity index (χ3n) is 3.60. The monoisotopic (exact) mass is 276 g/mol. The fourth-order valence-corrected chi connectivity index (χ4v) is 1.98. The zero-order valence-electron chi connectivity index (χ0n) is 13.4. The van der Waals surface area contributed by atoms with Crippen molar-refractivity contribution in [3.63, 3.8) is 0 Å². The number of benzene rings is 1. The zero-order chi connectivity index (χ0) is 15.3. The van der Waals surface area contributed by atoms with Crippen molar-refractivity contribution in [2.75, 3.05) is 6.54 Å². The molecule has 0 heterocycles. The van der Waals surface area contributed by atoms with Gasteiger partial charge in [0.1, 0.15) is 0 Å². The van der Waals surface area contributed by atoms with Gasteiger partial charge in [-0.1, -0.05) is 38.1 Å². The highest BCUT2D eigenvalue weighted by molar-refractivity contribution is 5.82. The van der Waals surface area contributed by atoms with Gasteiger partial charge in [0, 0.05) is 6.54 Å². The van der Waals surface area contributed by atoms with Gasteiger partial charge in [-0.2, -0.15) is 0 Å². The third-order valence-corrected chi connectivity index (χ3v) is 3.60. The van der Waals surface area contributed by atoms with Crippen molar-refractivity contribution < 1.29 is 4.79 Å². The van der Waals surface area contributed by atoms with Crippen LogP contribution < -0.4 is 11.1 Å². The smallest absolute Gasteiger partial charge is 0.227 e. The van der Waals surface area contributed by atoms with Crippen LogP contribution in [-0.2, 0) is 11.2 Å². The molecule has 3 heteroatoms. The van der Waals surface area contributed by atoms with Crippen molar-refractivity contribution in [1.29, 1.82) is 0 Å². The molecule has 1 rings (SSSR count). The largest absolute Gasteiger partial charge is 0.349 e. The van der Waals surface area contributed by atoms with E-state index in [1.165, 1.54) is 5.56 Å². The number of rotatable bonds is 6. The normalized spacial score (nSPS) is 13.3. The van der Waals surface area contributed by atoms with E-state index < -0.39 is 5.41 Å². The summed E-state index contributed by atoms with van der Waals surface area (Å²) in [6.07, 6.45) is 1.08. The lowest BCUT2D eigenvalue weighted by atomic mass is 9.92. The molecule has 1 aromatic carbocycles. The molecule has 0 bridgehead atoms. The molecule has 1 amide bonds. The summed E-state index contributed by atoms with van der Waals surface area (Å²) in [5.41, 5.74) is 7.57. The molecule has 0 aromatic heterocycles. The van der Waals surface area contributed by atoms with E-state index in [9.17, 15) is 4.79 Å². The van der Waals surface area contributed by atoms with Crippen LogP contribution in [0.15, 0.2) is 24.3 Å². The van der Waals surface area contributed by atoms with Gasteiger partial charge in [-0.25, -0.2) is 0 Å². The summed E-state index contributed by atoms with van der Waals surface area (Å²) in [6.45, 7) is 10.5. The van der Waals surface area contributed by atoms with Crippen LogP contribution in [0.4, 0.5) is 0 Å². The Morgan fingerprint density at radius 2 is 1.75 bits per heavy atom. The topological polar surface area (TPSA) is 55.1 Å². The number of hydrogen-bond acceptors (Lipinski definition) is 2. The van der Waals surface area contributed by atoms with E-state index in [2.05, 4.69) is 43.4 Å². The molecule has 0 aliphatic heterocycles. The third kappa shape index (κ3) is 4.64. The van der Waals surface area contributed by atoms with Gasteiger partial charge in [0.15, 0.2) is 0 Å². The van der Waals surface area contributed by atoms with E-state index in [0.29, 0.717) is 12.5 Å². The second-order valence-corrected chi connectivity index (χ2v) is 6.62. The van der Waals surface area contributed by atoms with Crippen LogP contribution in [0.1, 0.15) is 51.8 Å². The van der Waals surface area contributed by atoms with Crippen LogP contribution >= 0.6 is 0 Å². The maximum Gasteiger partial charge on any atom is 0.227 e. The maximum absolute atomic E-state index is 12.1. The number of hydrogen-bond donors (Lipinski definition) is 2. The highest BCUT2D eigenvalue weighted by atomic mass is 16.2. The van der Waals surface area contributed by atoms with E-state index >= 15 is 0 Å². The summed E-state index contributed by atoms with van der Waals surface area (Å²) in [5, 5.41) is 3.03. The number of carbonyl (C=O) groups is 1. The lowest BCUT2D eigenvalue weighted by Crippen LogP contribution is -2.42. The Labute approximate surface area is 122 Å². The van der Waals surface area contributed by atoms with Crippen LogP contribution in [0.25, 0.3) is 0 Å². The summed E-state index contributed by atoms with van der Waals surface area (Å²) < 4.78 is 0. The summed E-state index contributed by atoms with van der Waals surface area (Å²) in [5.74, 6) is 0.655. The molecule has 0 radical (unpaired) electrons. The highest BCUT2D eigenvalue weighted by Gasteiger charge is 2.26. The second kappa shape index (κ2) is 6.89. The summed E-state index contributed by atoms with van der Waals surface area (Å²) >= 11 is 0. The van der Waals surface area contributed by atoms with E-state index in [1.807, 2.05) is 20.8 Å². The first-order valence-electron chi connectivity index (χ1n) is 7.36. The molecule has 112 valence electrons. The van der Waals surface area contributed by atoms with E-state index in [4.69, 9.17) is 5.73 Å². The van der Waals surface area contributed by atoms with Crippen LogP contribution in [0.5, 0.6) is 0 Å². The molecule has 1 atom stereocenters. The molecular formula is C17H28N2O. The summed E-state index contributed by atoms with van der Waals surface area (Å²) in [7, 11) is 0. The van der Waals surface area contributed by atoms with E-state index in [1.54, 1.807) is 0 Å². The fourth-order valence-electron chi connectivity index (χ4n) is 1.98. The van der Waals surface area contributed by atoms with Gasteiger partial charge < -0.3 is 11.1 Å². The van der Waals surface area contributed by atoms with Gasteiger partial charge in [-0.05, 0) is 44.2 Å². The van der Waals surface area contributed by atoms with E-state index in [-0.39, 0.29) is 11.9 Å². The Balaban J connectivity index is 2.68. The van der Waals surface area contributed by atoms with Crippen LogP contribution in [0.2, 0.25) is 0 Å². The molecule has 0 aliphatic carbocycles. The van der Waals surface area contributed by atoms with Crippen LogP contribution in [-0.4, -0.2) is 12.5 Å². The Kier molecular flexibility index (Phi) is 5.75. The maximum atomic E-state index is 12.1. The molecule has 3 N–H and O–H groups in total. The molecule has 0 saturated carbocycles. The van der Waals surface area contributed by atoms with E-state index in [0.717, 1.165) is 12.0 Å². The molecule has 0 saturated heterocycles. The fraction of sp³-hybridized carbons (Fsp3) is 0.588. The quantitative estimate of drug-likeness (QED) is 0.839. The molecule has 3 nitrogen and oxygen atoms in total. The summed E-state index contributed by atoms with van der Waals surface area (Å²) in [6, 6.07) is 8.48. The van der Waals surface area contributed by atoms with Crippen LogP contribution in [0.3, 0.4) is 0 Å². The zero-order valence-corrected chi connectivity index (χ0v) is 13.4. The van der Waals surface area contributed by atoms with Crippen molar-refractivity contribution in [2.45, 2.75) is 47.1 Å². The second-order valence-electron chi connectivity index (χ2n) is 6.62. The Morgan fingerprint density at radius 1 is 1.20 bits per heavy atom. The number of nitrogens with two attached hydrogens (primary N) is 1. The lowest BCUT2D eigenvalue weighted by molar-refractivity contribution is -0.129. The predicted molar refractivity (Wildman–Crippen MR) is 84.4 cm³/mol. The minimum atomic E-state index is -0.522. The van der Waals surface area contributed by atoms with Gasteiger partial charge in [-0.15, -0.1) is 0 Å². The molecule has 1 unspecified atom stereocenters. The molecule has 0 spiro atoms.